The molecule has 0 saturated carbocycles. The normalized spacial score (nSPS) is 10.2. The molecule has 0 aliphatic rings. The van der Waals surface area contributed by atoms with E-state index >= 15 is 0 Å². The van der Waals surface area contributed by atoms with Crippen LogP contribution in [0.25, 0.3) is 0 Å². The van der Waals surface area contributed by atoms with Gasteiger partial charge in [-0.3, -0.25) is 4.79 Å². The summed E-state index contributed by atoms with van der Waals surface area (Å²) >= 11 is 11.0. The third kappa shape index (κ3) is 4.37. The second-order valence-corrected chi connectivity index (χ2v) is 4.07. The monoisotopic (exact) mass is 263 g/mol. The molecule has 0 aliphatic carbocycles. The van der Waals surface area contributed by atoms with Crippen LogP contribution < -0.4 is 5.32 Å². The molecule has 0 heterocycles. The fourth-order valence-corrected chi connectivity index (χ4v) is 1.59. The van der Waals surface area contributed by atoms with Crippen molar-refractivity contribution in [3.63, 3.8) is 0 Å². The van der Waals surface area contributed by atoms with E-state index in [1.807, 2.05) is 0 Å². The van der Waals surface area contributed by atoms with Crippen molar-refractivity contribution in [2.75, 3.05) is 12.4 Å². The van der Waals surface area contributed by atoms with E-state index < -0.39 is 5.82 Å². The number of hydrogen-bond donors (Lipinski definition) is 1. The Bertz CT molecular complexity index is 371. The molecule has 1 aromatic rings. The summed E-state index contributed by atoms with van der Waals surface area (Å²) in [4.78, 5) is 11.1. The van der Waals surface area contributed by atoms with E-state index in [2.05, 4.69) is 5.32 Å². The first kappa shape index (κ1) is 13.3. The maximum Gasteiger partial charge on any atom is 0.221 e. The first-order valence-electron chi connectivity index (χ1n) is 4.90. The number of carbonyl (C=O) groups excluding carboxylic acids is 1. The first-order valence-corrected chi connectivity index (χ1v) is 5.81. The minimum atomic E-state index is -0.434. The van der Waals surface area contributed by atoms with Gasteiger partial charge in [-0.05, 0) is 24.1 Å². The van der Waals surface area contributed by atoms with Crippen LogP contribution in [-0.4, -0.2) is 18.3 Å². The molecule has 0 unspecified atom stereocenters. The first-order chi connectivity index (χ1) is 7.63. The number of rotatable bonds is 5. The summed E-state index contributed by atoms with van der Waals surface area (Å²) in [6.07, 6.45) is 0.930. The molecule has 1 N–H and O–H groups in total. The maximum absolute atomic E-state index is 12.8. The number of nitrogens with one attached hydrogen (secondary N) is 1. The molecule has 5 heteroatoms. The van der Waals surface area contributed by atoms with Crippen LogP contribution in [0, 0.1) is 5.82 Å². The van der Waals surface area contributed by atoms with Crippen molar-refractivity contribution in [2.24, 2.45) is 0 Å². The van der Waals surface area contributed by atoms with Crippen molar-refractivity contribution in [2.45, 2.75) is 12.8 Å². The van der Waals surface area contributed by atoms with Crippen molar-refractivity contribution in [3.05, 3.63) is 34.6 Å². The second-order valence-electron chi connectivity index (χ2n) is 3.29. The summed E-state index contributed by atoms with van der Waals surface area (Å²) in [5.74, 6) is -0.200. The zero-order valence-corrected chi connectivity index (χ0v) is 10.1. The van der Waals surface area contributed by atoms with Crippen molar-refractivity contribution >= 4 is 29.1 Å². The number of benzene rings is 1. The molecule has 1 aromatic carbocycles. The molecule has 0 spiro atoms. The molecule has 0 saturated heterocycles. The summed E-state index contributed by atoms with van der Waals surface area (Å²) in [7, 11) is 0. The van der Waals surface area contributed by atoms with E-state index in [-0.39, 0.29) is 10.9 Å². The van der Waals surface area contributed by atoms with Crippen molar-refractivity contribution in [3.8, 4) is 0 Å². The Hall–Kier alpha value is -0.800. The lowest BCUT2D eigenvalue weighted by molar-refractivity contribution is -0.120. The van der Waals surface area contributed by atoms with Crippen LogP contribution in [0.1, 0.15) is 12.0 Å². The minimum absolute atomic E-state index is 0.0804. The number of amides is 1. The lowest BCUT2D eigenvalue weighted by Crippen LogP contribution is -2.25. The average Bonchev–Trinajstić information content (AvgIpc) is 2.24. The van der Waals surface area contributed by atoms with Crippen LogP contribution in [0.15, 0.2) is 18.2 Å². The molecule has 16 heavy (non-hydrogen) atoms. The van der Waals surface area contributed by atoms with E-state index in [0.29, 0.717) is 25.3 Å². The van der Waals surface area contributed by atoms with E-state index in [4.69, 9.17) is 23.2 Å². The fraction of sp³-hybridized carbons (Fsp3) is 0.364. The van der Waals surface area contributed by atoms with E-state index in [9.17, 15) is 9.18 Å². The summed E-state index contributed by atoms with van der Waals surface area (Å²) in [5, 5.41) is 2.81. The van der Waals surface area contributed by atoms with Crippen molar-refractivity contribution < 1.29 is 9.18 Å². The molecule has 0 radical (unpaired) electrons. The number of halogens is 3. The van der Waals surface area contributed by atoms with Gasteiger partial charge in [0.05, 0.1) is 5.02 Å². The third-order valence-electron chi connectivity index (χ3n) is 2.04. The van der Waals surface area contributed by atoms with Gasteiger partial charge in [-0.2, -0.15) is 0 Å². The van der Waals surface area contributed by atoms with E-state index in [1.54, 1.807) is 12.1 Å². The van der Waals surface area contributed by atoms with Crippen LogP contribution >= 0.6 is 23.2 Å². The molecule has 1 amide bonds. The summed E-state index contributed by atoms with van der Waals surface area (Å²) < 4.78 is 12.8. The SMILES string of the molecule is O=C(CCCl)NCCc1ccc(F)c(Cl)c1. The standard InChI is InChI=1S/C11H12Cl2FNO/c12-5-3-11(16)15-6-4-8-1-2-10(14)9(13)7-8/h1-2,7H,3-6H2,(H,15,16). The predicted molar refractivity (Wildman–Crippen MR) is 63.5 cm³/mol. The Labute approximate surface area is 104 Å². The Balaban J connectivity index is 2.37. The topological polar surface area (TPSA) is 29.1 Å². The second kappa shape index (κ2) is 6.71. The van der Waals surface area contributed by atoms with Gasteiger partial charge in [0.25, 0.3) is 0 Å². The number of carbonyl (C=O) groups is 1. The molecule has 0 atom stereocenters. The van der Waals surface area contributed by atoms with Gasteiger partial charge < -0.3 is 5.32 Å². The quantitative estimate of drug-likeness (QED) is 0.814. The fourth-order valence-electron chi connectivity index (χ4n) is 1.22. The van der Waals surface area contributed by atoms with Gasteiger partial charge in [-0.25, -0.2) is 4.39 Å². The van der Waals surface area contributed by atoms with Crippen molar-refractivity contribution in [1.82, 2.24) is 5.32 Å². The largest absolute Gasteiger partial charge is 0.356 e. The van der Waals surface area contributed by atoms with Gasteiger partial charge in [-0.1, -0.05) is 17.7 Å². The Morgan fingerprint density at radius 3 is 2.81 bits per heavy atom. The highest BCUT2D eigenvalue weighted by molar-refractivity contribution is 6.30. The van der Waals surface area contributed by atoms with Crippen LogP contribution in [0.3, 0.4) is 0 Å². The van der Waals surface area contributed by atoms with Gasteiger partial charge in [-0.15, -0.1) is 11.6 Å². The molecule has 1 rings (SSSR count). The maximum atomic E-state index is 12.8. The molecular formula is C11H12Cl2FNO. The minimum Gasteiger partial charge on any atom is -0.356 e. The highest BCUT2D eigenvalue weighted by Crippen LogP contribution is 2.15. The average molecular weight is 264 g/mol. The molecule has 2 nitrogen and oxygen atoms in total. The molecule has 0 aliphatic heterocycles. The highest BCUT2D eigenvalue weighted by atomic mass is 35.5. The zero-order valence-electron chi connectivity index (χ0n) is 8.60. The van der Waals surface area contributed by atoms with E-state index in [1.165, 1.54) is 6.07 Å². The van der Waals surface area contributed by atoms with Crippen LogP contribution in [0.4, 0.5) is 4.39 Å². The predicted octanol–water partition coefficient (Wildman–Crippen LogP) is 2.77. The van der Waals surface area contributed by atoms with Gasteiger partial charge in [0, 0.05) is 18.8 Å². The van der Waals surface area contributed by atoms with Crippen LogP contribution in [-0.2, 0) is 11.2 Å². The Morgan fingerprint density at radius 1 is 1.44 bits per heavy atom. The molecule has 0 bridgehead atoms. The van der Waals surface area contributed by atoms with E-state index in [0.717, 1.165) is 5.56 Å². The summed E-state index contributed by atoms with van der Waals surface area (Å²) in [6, 6.07) is 4.53. The van der Waals surface area contributed by atoms with Gasteiger partial charge >= 0.3 is 0 Å². The third-order valence-corrected chi connectivity index (χ3v) is 2.52. The molecule has 0 fully saturated rings. The summed E-state index contributed by atoms with van der Waals surface area (Å²) in [6.45, 7) is 0.498. The lowest BCUT2D eigenvalue weighted by atomic mass is 10.1. The van der Waals surface area contributed by atoms with Crippen molar-refractivity contribution in [1.29, 1.82) is 0 Å². The van der Waals surface area contributed by atoms with Gasteiger partial charge in [0.15, 0.2) is 0 Å². The van der Waals surface area contributed by atoms with Crippen LogP contribution in [0.5, 0.6) is 0 Å². The molecule has 88 valence electrons. The lowest BCUT2D eigenvalue weighted by Gasteiger charge is -2.04. The number of alkyl halides is 1. The zero-order chi connectivity index (χ0) is 12.0. The Morgan fingerprint density at radius 2 is 2.19 bits per heavy atom. The van der Waals surface area contributed by atoms with Gasteiger partial charge in [0.1, 0.15) is 5.82 Å². The van der Waals surface area contributed by atoms with Gasteiger partial charge in [0.2, 0.25) is 5.91 Å². The molecule has 0 aromatic heterocycles. The summed E-state index contributed by atoms with van der Waals surface area (Å²) in [5.41, 5.74) is 0.887. The smallest absolute Gasteiger partial charge is 0.221 e. The van der Waals surface area contributed by atoms with Crippen LogP contribution in [0.2, 0.25) is 5.02 Å². The highest BCUT2D eigenvalue weighted by Gasteiger charge is 2.02. The molecular weight excluding hydrogens is 252 g/mol. The number of hydrogen-bond acceptors (Lipinski definition) is 1. The Kier molecular flexibility index (Phi) is 5.56.